The lowest BCUT2D eigenvalue weighted by molar-refractivity contribution is -0.217. The maximum atomic E-state index is 5.68. The Bertz CT molecular complexity index is 209. The second-order valence-electron chi connectivity index (χ2n) is 6.25. The van der Waals surface area contributed by atoms with Gasteiger partial charge in [0.2, 0.25) is 0 Å². The second-order valence-corrected chi connectivity index (χ2v) is 6.25. The molecule has 0 aromatic carbocycles. The molecular weight excluding hydrogens is 292 g/mol. The lowest BCUT2D eigenvalue weighted by Crippen LogP contribution is -2.34. The summed E-state index contributed by atoms with van der Waals surface area (Å²) in [5.41, 5.74) is 0. The molecule has 140 valence electrons. The summed E-state index contributed by atoms with van der Waals surface area (Å²) in [4.78, 5) is 0. The van der Waals surface area contributed by atoms with E-state index in [9.17, 15) is 0 Å². The SMILES string of the molecule is CCCCCCCCCC(CCCOCCCOC)(OC)OC. The largest absolute Gasteiger partial charge is 0.385 e. The standard InChI is InChI=1S/C19H40O4/c1-5-6-7-8-9-10-11-14-19(21-3,22-4)15-12-17-23-18-13-16-20-2/h5-18H2,1-4H3. The van der Waals surface area contributed by atoms with E-state index in [1.807, 2.05) is 0 Å². The van der Waals surface area contributed by atoms with Gasteiger partial charge in [0.25, 0.3) is 0 Å². The highest BCUT2D eigenvalue weighted by atomic mass is 16.7. The van der Waals surface area contributed by atoms with Crippen LogP contribution in [0.15, 0.2) is 0 Å². The van der Waals surface area contributed by atoms with Crippen LogP contribution < -0.4 is 0 Å². The third kappa shape index (κ3) is 12.9. The average Bonchev–Trinajstić information content (AvgIpc) is 2.58. The van der Waals surface area contributed by atoms with E-state index in [0.717, 1.165) is 45.5 Å². The molecule has 0 N–H and O–H groups in total. The molecule has 0 spiro atoms. The molecule has 0 aliphatic heterocycles. The highest BCUT2D eigenvalue weighted by Gasteiger charge is 2.28. The molecule has 0 unspecified atom stereocenters. The average molecular weight is 333 g/mol. The van der Waals surface area contributed by atoms with E-state index < -0.39 is 5.79 Å². The first-order valence-electron chi connectivity index (χ1n) is 9.41. The summed E-state index contributed by atoms with van der Waals surface area (Å²) in [5.74, 6) is -0.431. The van der Waals surface area contributed by atoms with Crippen molar-refractivity contribution in [2.75, 3.05) is 41.2 Å². The predicted octanol–water partition coefficient (Wildman–Crippen LogP) is 4.95. The Morgan fingerprint density at radius 3 is 1.78 bits per heavy atom. The maximum absolute atomic E-state index is 5.68. The Kier molecular flexibility index (Phi) is 16.6. The minimum absolute atomic E-state index is 0.431. The molecule has 0 aliphatic carbocycles. The predicted molar refractivity (Wildman–Crippen MR) is 95.9 cm³/mol. The van der Waals surface area contributed by atoms with Crippen molar-refractivity contribution >= 4 is 0 Å². The van der Waals surface area contributed by atoms with Gasteiger partial charge in [0.1, 0.15) is 0 Å². The van der Waals surface area contributed by atoms with Gasteiger partial charge in [-0.25, -0.2) is 0 Å². The summed E-state index contributed by atoms with van der Waals surface area (Å²) in [6.45, 7) is 4.54. The lowest BCUT2D eigenvalue weighted by Gasteiger charge is -2.31. The molecule has 0 aromatic heterocycles. The molecule has 0 saturated heterocycles. The monoisotopic (exact) mass is 332 g/mol. The van der Waals surface area contributed by atoms with Crippen LogP contribution in [0.1, 0.15) is 77.6 Å². The van der Waals surface area contributed by atoms with E-state index in [1.54, 1.807) is 21.3 Å². The lowest BCUT2D eigenvalue weighted by atomic mass is 10.0. The Morgan fingerprint density at radius 1 is 0.609 bits per heavy atom. The van der Waals surface area contributed by atoms with Crippen molar-refractivity contribution < 1.29 is 18.9 Å². The topological polar surface area (TPSA) is 36.9 Å². The Hall–Kier alpha value is -0.160. The molecule has 4 nitrogen and oxygen atoms in total. The van der Waals surface area contributed by atoms with Crippen LogP contribution in [0, 0.1) is 0 Å². The van der Waals surface area contributed by atoms with E-state index >= 15 is 0 Å². The molecule has 4 heteroatoms. The van der Waals surface area contributed by atoms with Crippen LogP contribution in [-0.4, -0.2) is 46.9 Å². The molecule has 0 rings (SSSR count). The first-order valence-corrected chi connectivity index (χ1v) is 9.41. The van der Waals surface area contributed by atoms with Crippen LogP contribution in [0.2, 0.25) is 0 Å². The number of rotatable bonds is 18. The third-order valence-electron chi connectivity index (χ3n) is 4.39. The number of hydrogen-bond acceptors (Lipinski definition) is 4. The van der Waals surface area contributed by atoms with Crippen molar-refractivity contribution in [1.82, 2.24) is 0 Å². The van der Waals surface area contributed by atoms with E-state index in [-0.39, 0.29) is 0 Å². The van der Waals surface area contributed by atoms with E-state index in [1.165, 1.54) is 44.9 Å². The smallest absolute Gasteiger partial charge is 0.167 e. The second kappa shape index (κ2) is 16.7. The summed E-state index contributed by atoms with van der Waals surface area (Å²) in [6.07, 6.45) is 12.9. The molecule has 0 aliphatic rings. The van der Waals surface area contributed by atoms with Crippen LogP contribution in [-0.2, 0) is 18.9 Å². The molecule has 0 radical (unpaired) electrons. The van der Waals surface area contributed by atoms with Crippen LogP contribution in [0.4, 0.5) is 0 Å². The molecule has 0 heterocycles. The first kappa shape index (κ1) is 22.8. The Morgan fingerprint density at radius 2 is 1.17 bits per heavy atom. The van der Waals surface area contributed by atoms with E-state index in [4.69, 9.17) is 18.9 Å². The van der Waals surface area contributed by atoms with Crippen LogP contribution in [0.25, 0.3) is 0 Å². The number of ether oxygens (including phenoxy) is 4. The normalized spacial score (nSPS) is 12.0. The van der Waals surface area contributed by atoms with E-state index in [2.05, 4.69) is 6.92 Å². The van der Waals surface area contributed by atoms with Crippen molar-refractivity contribution in [1.29, 1.82) is 0 Å². The number of unbranched alkanes of at least 4 members (excludes halogenated alkanes) is 6. The van der Waals surface area contributed by atoms with Crippen LogP contribution in [0.5, 0.6) is 0 Å². The molecule has 0 atom stereocenters. The fraction of sp³-hybridized carbons (Fsp3) is 1.00. The highest BCUT2D eigenvalue weighted by molar-refractivity contribution is 4.69. The zero-order valence-corrected chi connectivity index (χ0v) is 16.0. The fourth-order valence-electron chi connectivity index (χ4n) is 2.82. The molecule has 23 heavy (non-hydrogen) atoms. The van der Waals surface area contributed by atoms with Crippen LogP contribution >= 0.6 is 0 Å². The first-order chi connectivity index (χ1) is 11.2. The maximum Gasteiger partial charge on any atom is 0.167 e. The van der Waals surface area contributed by atoms with Crippen molar-refractivity contribution in [3.05, 3.63) is 0 Å². The highest BCUT2D eigenvalue weighted by Crippen LogP contribution is 2.26. The molecule has 0 amide bonds. The third-order valence-corrected chi connectivity index (χ3v) is 4.39. The molecular formula is C19H40O4. The zero-order valence-electron chi connectivity index (χ0n) is 16.0. The van der Waals surface area contributed by atoms with E-state index in [0.29, 0.717) is 0 Å². The molecule has 0 saturated carbocycles. The van der Waals surface area contributed by atoms with Gasteiger partial charge < -0.3 is 18.9 Å². The van der Waals surface area contributed by atoms with Gasteiger partial charge in [-0.3, -0.25) is 0 Å². The summed E-state index contributed by atoms with van der Waals surface area (Å²) < 4.78 is 22.0. The van der Waals surface area contributed by atoms with Gasteiger partial charge in [-0.2, -0.15) is 0 Å². The van der Waals surface area contributed by atoms with Gasteiger partial charge in [0.05, 0.1) is 0 Å². The van der Waals surface area contributed by atoms with Gasteiger partial charge in [-0.15, -0.1) is 0 Å². The molecule has 0 aromatic rings. The minimum atomic E-state index is -0.431. The van der Waals surface area contributed by atoms with Gasteiger partial charge in [-0.1, -0.05) is 45.4 Å². The number of methoxy groups -OCH3 is 3. The van der Waals surface area contributed by atoms with Gasteiger partial charge in [0.15, 0.2) is 5.79 Å². The van der Waals surface area contributed by atoms with Crippen LogP contribution in [0.3, 0.4) is 0 Å². The van der Waals surface area contributed by atoms with Gasteiger partial charge in [-0.05, 0) is 19.3 Å². The van der Waals surface area contributed by atoms with Gasteiger partial charge >= 0.3 is 0 Å². The van der Waals surface area contributed by atoms with Crippen molar-refractivity contribution in [3.63, 3.8) is 0 Å². The zero-order chi connectivity index (χ0) is 17.2. The fourth-order valence-corrected chi connectivity index (χ4v) is 2.82. The van der Waals surface area contributed by atoms with Crippen molar-refractivity contribution in [3.8, 4) is 0 Å². The Balaban J connectivity index is 3.74. The van der Waals surface area contributed by atoms with Crippen molar-refractivity contribution in [2.24, 2.45) is 0 Å². The summed E-state index contributed by atoms with van der Waals surface area (Å²) in [5, 5.41) is 0. The summed E-state index contributed by atoms with van der Waals surface area (Å²) >= 11 is 0. The molecule has 0 bridgehead atoms. The minimum Gasteiger partial charge on any atom is -0.385 e. The Labute approximate surface area is 144 Å². The summed E-state index contributed by atoms with van der Waals surface area (Å²) in [7, 11) is 5.23. The number of hydrogen-bond donors (Lipinski definition) is 0. The summed E-state index contributed by atoms with van der Waals surface area (Å²) in [6, 6.07) is 0. The van der Waals surface area contributed by atoms with Crippen molar-refractivity contribution in [2.45, 2.75) is 83.3 Å². The molecule has 0 fully saturated rings. The van der Waals surface area contributed by atoms with Gasteiger partial charge in [0, 0.05) is 54.0 Å². The quantitative estimate of drug-likeness (QED) is 0.263.